The second-order valence-corrected chi connectivity index (χ2v) is 7.07. The molecule has 2 heterocycles. The predicted octanol–water partition coefficient (Wildman–Crippen LogP) is 4.84. The SMILES string of the molecule is CSc1nc2sc(-c3ccccc3)cc2c(=O)n1-c1ccccc1. The number of benzene rings is 2. The fourth-order valence-corrected chi connectivity index (χ4v) is 4.29. The zero-order valence-electron chi connectivity index (χ0n) is 13.0. The van der Waals surface area contributed by atoms with E-state index in [1.54, 1.807) is 15.9 Å². The van der Waals surface area contributed by atoms with Gasteiger partial charge in [0.25, 0.3) is 5.56 Å². The highest BCUT2D eigenvalue weighted by molar-refractivity contribution is 7.98. The van der Waals surface area contributed by atoms with Crippen LogP contribution >= 0.6 is 23.1 Å². The summed E-state index contributed by atoms with van der Waals surface area (Å²) in [6, 6.07) is 21.7. The van der Waals surface area contributed by atoms with E-state index >= 15 is 0 Å². The average Bonchev–Trinajstić information content (AvgIpc) is 3.07. The van der Waals surface area contributed by atoms with E-state index in [2.05, 4.69) is 12.1 Å². The molecule has 4 aromatic rings. The highest BCUT2D eigenvalue weighted by Gasteiger charge is 2.15. The number of thiophene rings is 1. The Balaban J connectivity index is 1.99. The van der Waals surface area contributed by atoms with Crippen molar-refractivity contribution in [3.05, 3.63) is 77.1 Å². The third kappa shape index (κ3) is 2.56. The lowest BCUT2D eigenvalue weighted by Crippen LogP contribution is -2.20. The van der Waals surface area contributed by atoms with Gasteiger partial charge in [-0.3, -0.25) is 9.36 Å². The molecule has 118 valence electrons. The van der Waals surface area contributed by atoms with E-state index in [0.29, 0.717) is 10.5 Å². The number of para-hydroxylation sites is 1. The first-order valence-electron chi connectivity index (χ1n) is 7.49. The predicted molar refractivity (Wildman–Crippen MR) is 102 cm³/mol. The first-order valence-corrected chi connectivity index (χ1v) is 9.53. The van der Waals surface area contributed by atoms with E-state index in [-0.39, 0.29) is 5.56 Å². The minimum Gasteiger partial charge on any atom is -0.268 e. The van der Waals surface area contributed by atoms with Crippen molar-refractivity contribution in [2.24, 2.45) is 0 Å². The molecule has 4 rings (SSSR count). The lowest BCUT2D eigenvalue weighted by Gasteiger charge is -2.09. The Morgan fingerprint density at radius 2 is 1.67 bits per heavy atom. The van der Waals surface area contributed by atoms with E-state index in [1.807, 2.05) is 60.9 Å². The van der Waals surface area contributed by atoms with Gasteiger partial charge in [0.1, 0.15) is 4.83 Å². The van der Waals surface area contributed by atoms with E-state index < -0.39 is 0 Å². The van der Waals surface area contributed by atoms with Gasteiger partial charge in [-0.05, 0) is 30.0 Å². The fourth-order valence-electron chi connectivity index (χ4n) is 2.65. The van der Waals surface area contributed by atoms with Gasteiger partial charge in [-0.1, -0.05) is 60.3 Å². The van der Waals surface area contributed by atoms with Crippen LogP contribution in [0.3, 0.4) is 0 Å². The molecule has 0 amide bonds. The van der Waals surface area contributed by atoms with Crippen LogP contribution in [0.1, 0.15) is 0 Å². The minimum absolute atomic E-state index is 0.0195. The number of rotatable bonds is 3. The standard InChI is InChI=1S/C19H14N2OS2/c1-23-19-20-17-15(12-16(24-17)13-8-4-2-5-9-13)18(22)21(19)14-10-6-3-7-11-14/h2-12H,1H3. The van der Waals surface area contributed by atoms with Crippen molar-refractivity contribution in [2.45, 2.75) is 5.16 Å². The molecule has 0 bridgehead atoms. The van der Waals surface area contributed by atoms with Crippen LogP contribution < -0.4 is 5.56 Å². The van der Waals surface area contributed by atoms with Gasteiger partial charge in [0.15, 0.2) is 5.16 Å². The molecule has 0 atom stereocenters. The van der Waals surface area contributed by atoms with Gasteiger partial charge in [0, 0.05) is 4.88 Å². The lowest BCUT2D eigenvalue weighted by atomic mass is 10.2. The first kappa shape index (κ1) is 15.2. The van der Waals surface area contributed by atoms with Gasteiger partial charge in [0.05, 0.1) is 11.1 Å². The van der Waals surface area contributed by atoms with Crippen molar-refractivity contribution in [3.63, 3.8) is 0 Å². The molecule has 3 nitrogen and oxygen atoms in total. The highest BCUT2D eigenvalue weighted by Crippen LogP contribution is 2.32. The minimum atomic E-state index is -0.0195. The molecule has 0 saturated carbocycles. The van der Waals surface area contributed by atoms with E-state index in [1.165, 1.54) is 11.8 Å². The number of hydrogen-bond donors (Lipinski definition) is 0. The van der Waals surface area contributed by atoms with E-state index in [9.17, 15) is 4.79 Å². The molecule has 0 fully saturated rings. The molecule has 0 aliphatic heterocycles. The van der Waals surface area contributed by atoms with Crippen LogP contribution in [0.15, 0.2) is 76.7 Å². The third-order valence-corrected chi connectivity index (χ3v) is 5.51. The first-order chi connectivity index (χ1) is 11.8. The van der Waals surface area contributed by atoms with Crippen molar-refractivity contribution in [1.82, 2.24) is 9.55 Å². The van der Waals surface area contributed by atoms with Gasteiger partial charge in [-0.25, -0.2) is 4.98 Å². The molecule has 0 unspecified atom stereocenters. The third-order valence-electron chi connectivity index (χ3n) is 3.79. The van der Waals surface area contributed by atoms with Crippen molar-refractivity contribution in [2.75, 3.05) is 6.26 Å². The van der Waals surface area contributed by atoms with Crippen molar-refractivity contribution < 1.29 is 0 Å². The van der Waals surface area contributed by atoms with Crippen LogP contribution in [0.5, 0.6) is 0 Å². The number of nitrogens with zero attached hydrogens (tertiary/aromatic N) is 2. The monoisotopic (exact) mass is 350 g/mol. The Hall–Kier alpha value is -2.37. The number of fused-ring (bicyclic) bond motifs is 1. The van der Waals surface area contributed by atoms with Gasteiger partial charge in [-0.15, -0.1) is 11.3 Å². The van der Waals surface area contributed by atoms with Gasteiger partial charge in [0.2, 0.25) is 0 Å². The Labute approximate surface area is 147 Å². The Morgan fingerprint density at radius 3 is 2.33 bits per heavy atom. The Kier molecular flexibility index (Phi) is 3.96. The number of thioether (sulfide) groups is 1. The maximum Gasteiger partial charge on any atom is 0.267 e. The summed E-state index contributed by atoms with van der Waals surface area (Å²) in [7, 11) is 0. The summed E-state index contributed by atoms with van der Waals surface area (Å²) in [5.74, 6) is 0. The van der Waals surface area contributed by atoms with Gasteiger partial charge >= 0.3 is 0 Å². The van der Waals surface area contributed by atoms with Crippen LogP contribution in [-0.2, 0) is 0 Å². The van der Waals surface area contributed by atoms with Crippen LogP contribution in [0.2, 0.25) is 0 Å². The van der Waals surface area contributed by atoms with Crippen LogP contribution in [-0.4, -0.2) is 15.8 Å². The second-order valence-electron chi connectivity index (χ2n) is 5.27. The maximum absolute atomic E-state index is 13.1. The summed E-state index contributed by atoms with van der Waals surface area (Å²) in [6.07, 6.45) is 1.94. The van der Waals surface area contributed by atoms with Gasteiger partial charge < -0.3 is 0 Å². The number of aromatic nitrogens is 2. The van der Waals surface area contributed by atoms with Crippen LogP contribution in [0.4, 0.5) is 0 Å². The molecule has 0 aliphatic rings. The smallest absolute Gasteiger partial charge is 0.267 e. The summed E-state index contributed by atoms with van der Waals surface area (Å²) < 4.78 is 1.69. The quantitative estimate of drug-likeness (QED) is 0.392. The molecule has 2 aromatic heterocycles. The van der Waals surface area contributed by atoms with E-state index in [4.69, 9.17) is 4.98 Å². The zero-order chi connectivity index (χ0) is 16.5. The van der Waals surface area contributed by atoms with Crippen molar-refractivity contribution >= 4 is 33.3 Å². The Morgan fingerprint density at radius 1 is 1.00 bits per heavy atom. The largest absolute Gasteiger partial charge is 0.268 e. The molecular formula is C19H14N2OS2. The fraction of sp³-hybridized carbons (Fsp3) is 0.0526. The summed E-state index contributed by atoms with van der Waals surface area (Å²) in [6.45, 7) is 0. The lowest BCUT2D eigenvalue weighted by molar-refractivity contribution is 0.824. The highest BCUT2D eigenvalue weighted by atomic mass is 32.2. The molecule has 0 saturated heterocycles. The molecule has 5 heteroatoms. The van der Waals surface area contributed by atoms with Crippen molar-refractivity contribution in [3.8, 4) is 16.1 Å². The Bertz CT molecular complexity index is 1050. The summed E-state index contributed by atoms with van der Waals surface area (Å²) in [4.78, 5) is 19.6. The molecule has 2 aromatic carbocycles. The van der Waals surface area contributed by atoms with Crippen LogP contribution in [0.25, 0.3) is 26.3 Å². The normalized spacial score (nSPS) is 11.0. The van der Waals surface area contributed by atoms with Crippen molar-refractivity contribution in [1.29, 1.82) is 0 Å². The molecule has 0 radical (unpaired) electrons. The van der Waals surface area contributed by atoms with Gasteiger partial charge in [-0.2, -0.15) is 0 Å². The summed E-state index contributed by atoms with van der Waals surface area (Å²) >= 11 is 3.04. The van der Waals surface area contributed by atoms with Crippen LogP contribution in [0, 0.1) is 0 Å². The molecule has 0 aliphatic carbocycles. The number of hydrogen-bond acceptors (Lipinski definition) is 4. The molecule has 24 heavy (non-hydrogen) atoms. The molecule has 0 spiro atoms. The maximum atomic E-state index is 13.1. The topological polar surface area (TPSA) is 34.9 Å². The summed E-state index contributed by atoms with van der Waals surface area (Å²) in [5.41, 5.74) is 1.93. The zero-order valence-corrected chi connectivity index (χ0v) is 14.6. The average molecular weight is 350 g/mol. The van der Waals surface area contributed by atoms with E-state index in [0.717, 1.165) is 21.0 Å². The molecule has 0 N–H and O–H groups in total. The molecular weight excluding hydrogens is 336 g/mol. The second kappa shape index (κ2) is 6.26. The summed E-state index contributed by atoms with van der Waals surface area (Å²) in [5, 5.41) is 1.38.